The number of carbonyl (C=O) groups excluding carboxylic acids is 2. The normalized spacial score (nSPS) is 26.6. The Kier molecular flexibility index (Phi) is 4.51. The van der Waals surface area contributed by atoms with Crippen molar-refractivity contribution in [3.8, 4) is 0 Å². The summed E-state index contributed by atoms with van der Waals surface area (Å²) in [6, 6.07) is 0. The summed E-state index contributed by atoms with van der Waals surface area (Å²) in [5.41, 5.74) is -0.420. The van der Waals surface area contributed by atoms with Crippen molar-refractivity contribution < 1.29 is 23.8 Å². The quantitative estimate of drug-likeness (QED) is 0.697. The Labute approximate surface area is 101 Å². The molecule has 0 aromatic rings. The first-order chi connectivity index (χ1) is 7.85. The van der Waals surface area contributed by atoms with Crippen molar-refractivity contribution in [3.05, 3.63) is 0 Å². The fourth-order valence-corrected chi connectivity index (χ4v) is 2.16. The van der Waals surface area contributed by atoms with E-state index in [0.29, 0.717) is 6.42 Å². The standard InChI is InChI=1S/C12H20O5/c1-8-5-12(9(2)17-8,6-15-10(3)13)7-16-11(4)14/h8-9H,5-7H2,1-4H3. The lowest BCUT2D eigenvalue weighted by molar-refractivity contribution is -0.153. The zero-order valence-electron chi connectivity index (χ0n) is 10.8. The van der Waals surface area contributed by atoms with Crippen molar-refractivity contribution in [2.24, 2.45) is 5.41 Å². The molecular weight excluding hydrogens is 224 g/mol. The zero-order valence-corrected chi connectivity index (χ0v) is 10.8. The Morgan fingerprint density at radius 3 is 1.94 bits per heavy atom. The molecule has 1 saturated heterocycles. The van der Waals surface area contributed by atoms with Gasteiger partial charge in [-0.1, -0.05) is 0 Å². The summed E-state index contributed by atoms with van der Waals surface area (Å²) in [6.45, 7) is 7.05. The summed E-state index contributed by atoms with van der Waals surface area (Å²) in [4.78, 5) is 21.8. The highest BCUT2D eigenvalue weighted by atomic mass is 16.6. The van der Waals surface area contributed by atoms with Crippen LogP contribution >= 0.6 is 0 Å². The largest absolute Gasteiger partial charge is 0.465 e. The molecule has 98 valence electrons. The van der Waals surface area contributed by atoms with E-state index < -0.39 is 5.41 Å². The number of hydrogen-bond donors (Lipinski definition) is 0. The average molecular weight is 244 g/mol. The molecular formula is C12H20O5. The van der Waals surface area contributed by atoms with E-state index >= 15 is 0 Å². The Morgan fingerprint density at radius 2 is 1.65 bits per heavy atom. The first-order valence-corrected chi connectivity index (χ1v) is 5.78. The third kappa shape index (κ3) is 3.70. The summed E-state index contributed by atoms with van der Waals surface area (Å²) in [7, 11) is 0. The van der Waals surface area contributed by atoms with Gasteiger partial charge >= 0.3 is 11.9 Å². The number of ether oxygens (including phenoxy) is 3. The van der Waals surface area contributed by atoms with Crippen LogP contribution in [0.1, 0.15) is 34.1 Å². The van der Waals surface area contributed by atoms with Crippen LogP contribution in [0.2, 0.25) is 0 Å². The van der Waals surface area contributed by atoms with Gasteiger partial charge in [0.15, 0.2) is 0 Å². The molecule has 1 heterocycles. The lowest BCUT2D eigenvalue weighted by atomic mass is 9.82. The molecule has 5 nitrogen and oxygen atoms in total. The fourth-order valence-electron chi connectivity index (χ4n) is 2.16. The second kappa shape index (κ2) is 5.49. The Balaban J connectivity index is 2.69. The summed E-state index contributed by atoms with van der Waals surface area (Å²) in [6.07, 6.45) is 0.696. The highest BCUT2D eigenvalue weighted by Gasteiger charge is 2.46. The van der Waals surface area contributed by atoms with E-state index in [2.05, 4.69) is 0 Å². The molecule has 0 radical (unpaired) electrons. The first kappa shape index (κ1) is 14.0. The van der Waals surface area contributed by atoms with Crippen molar-refractivity contribution in [2.75, 3.05) is 13.2 Å². The summed E-state index contributed by atoms with van der Waals surface area (Å²) in [5, 5.41) is 0. The van der Waals surface area contributed by atoms with Gasteiger partial charge in [0.1, 0.15) is 13.2 Å². The lowest BCUT2D eigenvalue weighted by Crippen LogP contribution is -2.39. The van der Waals surface area contributed by atoms with Gasteiger partial charge in [-0.15, -0.1) is 0 Å². The van der Waals surface area contributed by atoms with Gasteiger partial charge in [0.25, 0.3) is 0 Å². The van der Waals surface area contributed by atoms with Gasteiger partial charge < -0.3 is 14.2 Å². The molecule has 0 aliphatic carbocycles. The second-order valence-electron chi connectivity index (χ2n) is 4.72. The van der Waals surface area contributed by atoms with Gasteiger partial charge in [0.2, 0.25) is 0 Å². The van der Waals surface area contributed by atoms with Crippen LogP contribution in [0.25, 0.3) is 0 Å². The molecule has 5 heteroatoms. The third-order valence-electron chi connectivity index (χ3n) is 3.12. The Bertz CT molecular complexity index is 281. The van der Waals surface area contributed by atoms with Crippen LogP contribution in [-0.4, -0.2) is 37.4 Å². The van der Waals surface area contributed by atoms with E-state index in [0.717, 1.165) is 0 Å². The van der Waals surface area contributed by atoms with Gasteiger partial charge in [-0.05, 0) is 20.3 Å². The minimum absolute atomic E-state index is 0.0797. The summed E-state index contributed by atoms with van der Waals surface area (Å²) in [5.74, 6) is -0.669. The van der Waals surface area contributed by atoms with E-state index in [4.69, 9.17) is 14.2 Å². The highest BCUT2D eigenvalue weighted by Crippen LogP contribution is 2.39. The zero-order chi connectivity index (χ0) is 13.1. The minimum Gasteiger partial charge on any atom is -0.465 e. The maximum atomic E-state index is 10.9. The van der Waals surface area contributed by atoms with Crippen LogP contribution in [0, 0.1) is 5.41 Å². The number of rotatable bonds is 4. The van der Waals surface area contributed by atoms with Crippen LogP contribution in [0.15, 0.2) is 0 Å². The topological polar surface area (TPSA) is 61.8 Å². The Hall–Kier alpha value is -1.10. The molecule has 1 rings (SSSR count). The van der Waals surface area contributed by atoms with E-state index in [1.165, 1.54) is 13.8 Å². The molecule has 0 bridgehead atoms. The summed E-state index contributed by atoms with van der Waals surface area (Å²) >= 11 is 0. The van der Waals surface area contributed by atoms with Crippen molar-refractivity contribution >= 4 is 11.9 Å². The molecule has 0 aromatic heterocycles. The maximum Gasteiger partial charge on any atom is 0.302 e. The van der Waals surface area contributed by atoms with Crippen molar-refractivity contribution in [2.45, 2.75) is 46.3 Å². The molecule has 0 N–H and O–H groups in total. The van der Waals surface area contributed by atoms with Crippen LogP contribution in [0.5, 0.6) is 0 Å². The van der Waals surface area contributed by atoms with Gasteiger partial charge in [-0.25, -0.2) is 0 Å². The number of hydrogen-bond acceptors (Lipinski definition) is 5. The molecule has 2 atom stereocenters. The molecule has 2 unspecified atom stereocenters. The van der Waals surface area contributed by atoms with E-state index in [1.807, 2.05) is 13.8 Å². The highest BCUT2D eigenvalue weighted by molar-refractivity contribution is 5.66. The van der Waals surface area contributed by atoms with Crippen molar-refractivity contribution in [1.29, 1.82) is 0 Å². The van der Waals surface area contributed by atoms with Crippen LogP contribution in [0.3, 0.4) is 0 Å². The van der Waals surface area contributed by atoms with E-state index in [9.17, 15) is 9.59 Å². The number of esters is 2. The van der Waals surface area contributed by atoms with Gasteiger partial charge in [0, 0.05) is 13.8 Å². The molecule has 1 aliphatic heterocycles. The van der Waals surface area contributed by atoms with Gasteiger partial charge in [0.05, 0.1) is 17.6 Å². The molecule has 0 aromatic carbocycles. The van der Waals surface area contributed by atoms with E-state index in [-0.39, 0.29) is 37.4 Å². The van der Waals surface area contributed by atoms with Crippen LogP contribution < -0.4 is 0 Å². The predicted octanol–water partition coefficient (Wildman–Crippen LogP) is 1.30. The van der Waals surface area contributed by atoms with Gasteiger partial charge in [-0.2, -0.15) is 0 Å². The van der Waals surface area contributed by atoms with Crippen molar-refractivity contribution in [3.63, 3.8) is 0 Å². The molecule has 0 amide bonds. The monoisotopic (exact) mass is 244 g/mol. The third-order valence-corrected chi connectivity index (χ3v) is 3.12. The van der Waals surface area contributed by atoms with Crippen LogP contribution in [-0.2, 0) is 23.8 Å². The summed E-state index contributed by atoms with van der Waals surface area (Å²) < 4.78 is 15.8. The van der Waals surface area contributed by atoms with E-state index in [1.54, 1.807) is 0 Å². The Morgan fingerprint density at radius 1 is 1.18 bits per heavy atom. The van der Waals surface area contributed by atoms with Crippen molar-refractivity contribution in [1.82, 2.24) is 0 Å². The molecule has 17 heavy (non-hydrogen) atoms. The maximum absolute atomic E-state index is 10.9. The first-order valence-electron chi connectivity index (χ1n) is 5.78. The fraction of sp³-hybridized carbons (Fsp3) is 0.833. The van der Waals surface area contributed by atoms with Gasteiger partial charge in [-0.3, -0.25) is 9.59 Å². The lowest BCUT2D eigenvalue weighted by Gasteiger charge is -2.30. The molecule has 1 aliphatic rings. The predicted molar refractivity (Wildman–Crippen MR) is 60.3 cm³/mol. The average Bonchev–Trinajstić information content (AvgIpc) is 2.48. The number of carbonyl (C=O) groups is 2. The smallest absolute Gasteiger partial charge is 0.302 e. The van der Waals surface area contributed by atoms with Crippen LogP contribution in [0.4, 0.5) is 0 Å². The molecule has 1 fully saturated rings. The SMILES string of the molecule is CC(=O)OCC1(COC(C)=O)CC(C)OC1C. The molecule has 0 saturated carbocycles. The second-order valence-corrected chi connectivity index (χ2v) is 4.72. The molecule has 0 spiro atoms. The minimum atomic E-state index is -0.420.